The van der Waals surface area contributed by atoms with Crippen molar-refractivity contribution in [1.82, 2.24) is 14.9 Å². The number of nitrogens with one attached hydrogen (secondary N) is 1. The number of hydrogen-bond donors (Lipinski definition) is 2. The van der Waals surface area contributed by atoms with E-state index in [9.17, 15) is 9.90 Å². The van der Waals surface area contributed by atoms with Crippen LogP contribution >= 0.6 is 0 Å². The Kier molecular flexibility index (Phi) is 5.31. The van der Waals surface area contributed by atoms with Crippen LogP contribution in [-0.2, 0) is 6.54 Å². The van der Waals surface area contributed by atoms with Crippen molar-refractivity contribution in [3.05, 3.63) is 28.4 Å². The van der Waals surface area contributed by atoms with Crippen LogP contribution in [-0.4, -0.2) is 33.9 Å². The fraction of sp³-hybridized carbons (Fsp3) is 0.667. The number of nitrogens with zero attached hydrogens (tertiary/aromatic N) is 2. The third kappa shape index (κ3) is 5.10. The second-order valence-corrected chi connectivity index (χ2v) is 4.73. The van der Waals surface area contributed by atoms with Crippen LogP contribution < -0.4 is 10.9 Å². The molecule has 5 heteroatoms. The molecule has 0 amide bonds. The van der Waals surface area contributed by atoms with Crippen LogP contribution in [0.5, 0.6) is 0 Å². The Bertz CT molecular complexity index is 401. The van der Waals surface area contributed by atoms with Crippen molar-refractivity contribution in [2.45, 2.75) is 33.4 Å². The predicted molar refractivity (Wildman–Crippen MR) is 66.9 cm³/mol. The first-order valence-corrected chi connectivity index (χ1v) is 5.91. The molecule has 0 aromatic carbocycles. The molecule has 0 saturated carbocycles. The maximum absolute atomic E-state index is 11.5. The average molecular weight is 239 g/mol. The summed E-state index contributed by atoms with van der Waals surface area (Å²) >= 11 is 0. The van der Waals surface area contributed by atoms with E-state index in [0.29, 0.717) is 18.2 Å². The summed E-state index contributed by atoms with van der Waals surface area (Å²) in [5, 5.41) is 12.9. The van der Waals surface area contributed by atoms with E-state index in [-0.39, 0.29) is 12.1 Å². The first-order valence-electron chi connectivity index (χ1n) is 5.91. The number of aliphatic hydroxyl groups excluding tert-OH is 1. The van der Waals surface area contributed by atoms with Crippen LogP contribution in [0.4, 0.5) is 0 Å². The van der Waals surface area contributed by atoms with Crippen LogP contribution in [0, 0.1) is 12.8 Å². The van der Waals surface area contributed by atoms with Gasteiger partial charge in [-0.15, -0.1) is 0 Å². The Balaban J connectivity index is 2.45. The summed E-state index contributed by atoms with van der Waals surface area (Å²) in [6.45, 7) is 7.60. The third-order valence-corrected chi connectivity index (χ3v) is 2.36. The molecule has 5 nitrogen and oxygen atoms in total. The molecule has 0 spiro atoms. The van der Waals surface area contributed by atoms with Crippen molar-refractivity contribution in [3.8, 4) is 0 Å². The molecule has 0 fully saturated rings. The highest BCUT2D eigenvalue weighted by atomic mass is 16.3. The summed E-state index contributed by atoms with van der Waals surface area (Å²) in [4.78, 5) is 15.6. The van der Waals surface area contributed by atoms with Gasteiger partial charge in [0.15, 0.2) is 0 Å². The third-order valence-electron chi connectivity index (χ3n) is 2.36. The van der Waals surface area contributed by atoms with E-state index >= 15 is 0 Å². The van der Waals surface area contributed by atoms with Crippen molar-refractivity contribution >= 4 is 0 Å². The lowest BCUT2D eigenvalue weighted by Gasteiger charge is -2.14. The molecule has 1 unspecified atom stereocenters. The summed E-state index contributed by atoms with van der Waals surface area (Å²) in [5.74, 6) is 0.547. The van der Waals surface area contributed by atoms with Crippen LogP contribution in [0.15, 0.2) is 17.2 Å². The molecule has 2 N–H and O–H groups in total. The molecule has 17 heavy (non-hydrogen) atoms. The molecular weight excluding hydrogens is 218 g/mol. The van der Waals surface area contributed by atoms with Crippen molar-refractivity contribution < 1.29 is 5.11 Å². The van der Waals surface area contributed by atoms with Gasteiger partial charge in [0.1, 0.15) is 0 Å². The van der Waals surface area contributed by atoms with Gasteiger partial charge in [0.05, 0.1) is 19.0 Å². The summed E-state index contributed by atoms with van der Waals surface area (Å²) in [5.41, 5.74) is 0.569. The zero-order valence-electron chi connectivity index (χ0n) is 10.7. The summed E-state index contributed by atoms with van der Waals surface area (Å²) in [6, 6.07) is 1.47. The highest BCUT2D eigenvalue weighted by Gasteiger charge is 2.06. The van der Waals surface area contributed by atoms with Crippen molar-refractivity contribution in [3.63, 3.8) is 0 Å². The van der Waals surface area contributed by atoms with Gasteiger partial charge in [0.25, 0.3) is 5.56 Å². The summed E-state index contributed by atoms with van der Waals surface area (Å²) < 4.78 is 1.43. The average Bonchev–Trinajstić information content (AvgIpc) is 2.21. The maximum Gasteiger partial charge on any atom is 0.253 e. The second-order valence-electron chi connectivity index (χ2n) is 4.73. The fourth-order valence-electron chi connectivity index (χ4n) is 1.48. The minimum atomic E-state index is -0.573. The molecule has 1 aromatic rings. The lowest BCUT2D eigenvalue weighted by Crippen LogP contribution is -2.35. The molecule has 1 atom stereocenters. The van der Waals surface area contributed by atoms with Crippen molar-refractivity contribution in [1.29, 1.82) is 0 Å². The van der Waals surface area contributed by atoms with Gasteiger partial charge < -0.3 is 10.4 Å². The number of aliphatic hydroxyl groups is 1. The Morgan fingerprint density at radius 1 is 1.47 bits per heavy atom. The van der Waals surface area contributed by atoms with Crippen molar-refractivity contribution in [2.75, 3.05) is 13.1 Å². The first-order chi connectivity index (χ1) is 7.99. The van der Waals surface area contributed by atoms with Gasteiger partial charge in [-0.2, -0.15) is 0 Å². The normalized spacial score (nSPS) is 13.0. The van der Waals surface area contributed by atoms with Gasteiger partial charge in [-0.3, -0.25) is 9.36 Å². The molecular formula is C12H21N3O2. The lowest BCUT2D eigenvalue weighted by atomic mass is 10.2. The number of aryl methyl sites for hydroxylation is 1. The van der Waals surface area contributed by atoms with Gasteiger partial charge in [-0.05, 0) is 19.4 Å². The number of aromatic nitrogens is 2. The molecule has 0 aliphatic carbocycles. The Labute approximate surface area is 102 Å². The molecule has 0 aliphatic rings. The van der Waals surface area contributed by atoms with Crippen LogP contribution in [0.3, 0.4) is 0 Å². The van der Waals surface area contributed by atoms with Crippen LogP contribution in [0.1, 0.15) is 19.5 Å². The number of rotatable bonds is 6. The Hall–Kier alpha value is -1.20. The topological polar surface area (TPSA) is 67.2 Å². The summed E-state index contributed by atoms with van der Waals surface area (Å²) in [7, 11) is 0. The van der Waals surface area contributed by atoms with Crippen molar-refractivity contribution in [2.24, 2.45) is 5.92 Å². The lowest BCUT2D eigenvalue weighted by molar-refractivity contribution is 0.148. The molecule has 0 aliphatic heterocycles. The maximum atomic E-state index is 11.5. The van der Waals surface area contributed by atoms with Gasteiger partial charge in [-0.1, -0.05) is 13.8 Å². The molecule has 1 rings (SSSR count). The van der Waals surface area contributed by atoms with Gasteiger partial charge in [0, 0.05) is 18.3 Å². The van der Waals surface area contributed by atoms with E-state index in [1.165, 1.54) is 17.0 Å². The largest absolute Gasteiger partial charge is 0.390 e. The van der Waals surface area contributed by atoms with E-state index in [2.05, 4.69) is 24.1 Å². The van der Waals surface area contributed by atoms with E-state index in [4.69, 9.17) is 0 Å². The number of hydrogen-bond acceptors (Lipinski definition) is 4. The van der Waals surface area contributed by atoms with E-state index in [1.807, 2.05) is 0 Å². The monoisotopic (exact) mass is 239 g/mol. The molecule has 1 heterocycles. The van der Waals surface area contributed by atoms with Gasteiger partial charge in [-0.25, -0.2) is 4.98 Å². The molecule has 0 radical (unpaired) electrons. The Morgan fingerprint density at radius 3 is 2.76 bits per heavy atom. The summed E-state index contributed by atoms with van der Waals surface area (Å²) in [6.07, 6.45) is 0.902. The quantitative estimate of drug-likeness (QED) is 0.742. The fourth-order valence-corrected chi connectivity index (χ4v) is 1.48. The first kappa shape index (κ1) is 13.9. The molecule has 0 saturated heterocycles. The van der Waals surface area contributed by atoms with Gasteiger partial charge >= 0.3 is 0 Å². The smallest absolute Gasteiger partial charge is 0.253 e. The highest BCUT2D eigenvalue weighted by Crippen LogP contribution is 1.91. The van der Waals surface area contributed by atoms with Crippen LogP contribution in [0.2, 0.25) is 0 Å². The van der Waals surface area contributed by atoms with Crippen LogP contribution in [0.25, 0.3) is 0 Å². The minimum absolute atomic E-state index is 0.125. The van der Waals surface area contributed by atoms with Gasteiger partial charge in [0.2, 0.25) is 0 Å². The second kappa shape index (κ2) is 6.51. The standard InChI is InChI=1S/C12H21N3O2/c1-9(2)5-13-6-11(16)7-15-8-14-10(3)4-12(15)17/h4,8-9,11,13,16H,5-7H2,1-3H3. The van der Waals surface area contributed by atoms with E-state index in [1.54, 1.807) is 6.92 Å². The predicted octanol–water partition coefficient (Wildman–Crippen LogP) is 0.158. The molecule has 0 bridgehead atoms. The highest BCUT2D eigenvalue weighted by molar-refractivity contribution is 4.96. The zero-order chi connectivity index (χ0) is 12.8. The Morgan fingerprint density at radius 2 is 2.18 bits per heavy atom. The zero-order valence-corrected chi connectivity index (χ0v) is 10.7. The molecule has 96 valence electrons. The van der Waals surface area contributed by atoms with E-state index < -0.39 is 6.10 Å². The minimum Gasteiger partial charge on any atom is -0.390 e. The molecule has 1 aromatic heterocycles. The van der Waals surface area contributed by atoms with E-state index in [0.717, 1.165) is 6.54 Å². The SMILES string of the molecule is Cc1cc(=O)n(CC(O)CNCC(C)C)cn1.